The van der Waals surface area contributed by atoms with Gasteiger partial charge in [-0.15, -0.1) is 0 Å². The molecule has 0 spiro atoms. The fourth-order valence-electron chi connectivity index (χ4n) is 1.81. The predicted molar refractivity (Wildman–Crippen MR) is 58.3 cm³/mol. The molecule has 1 N–H and O–H groups in total. The number of hydrogen-bond acceptors (Lipinski definition) is 2. The fourth-order valence-corrected chi connectivity index (χ4v) is 1.81. The largest absolute Gasteiger partial charge is 0.356 e. The smallest absolute Gasteiger partial charge is 0.222 e. The summed E-state index contributed by atoms with van der Waals surface area (Å²) in [5.41, 5.74) is 0. The van der Waals surface area contributed by atoms with Crippen molar-refractivity contribution in [2.45, 2.75) is 39.0 Å². The molecule has 0 saturated carbocycles. The molecule has 1 saturated heterocycles. The van der Waals surface area contributed by atoms with Crippen LogP contribution >= 0.6 is 0 Å². The molecule has 4 nitrogen and oxygen atoms in total. The third kappa shape index (κ3) is 4.81. The van der Waals surface area contributed by atoms with Crippen LogP contribution in [0.2, 0.25) is 0 Å². The number of rotatable bonds is 4. The van der Waals surface area contributed by atoms with Gasteiger partial charge in [0.15, 0.2) is 0 Å². The Kier molecular flexibility index (Phi) is 5.15. The van der Waals surface area contributed by atoms with Crippen LogP contribution in [0.1, 0.15) is 39.0 Å². The topological polar surface area (TPSA) is 49.4 Å². The molecule has 86 valence electrons. The first-order valence-corrected chi connectivity index (χ1v) is 5.72. The van der Waals surface area contributed by atoms with Crippen LogP contribution in [0.5, 0.6) is 0 Å². The van der Waals surface area contributed by atoms with Crippen molar-refractivity contribution >= 4 is 11.8 Å². The molecule has 2 amide bonds. The van der Waals surface area contributed by atoms with E-state index in [0.29, 0.717) is 13.0 Å². The van der Waals surface area contributed by atoms with E-state index in [9.17, 15) is 9.59 Å². The van der Waals surface area contributed by atoms with E-state index >= 15 is 0 Å². The summed E-state index contributed by atoms with van der Waals surface area (Å²) in [6.45, 7) is 3.84. The Hall–Kier alpha value is -1.06. The van der Waals surface area contributed by atoms with Crippen molar-refractivity contribution in [3.63, 3.8) is 0 Å². The number of nitrogens with zero attached hydrogens (tertiary/aromatic N) is 1. The van der Waals surface area contributed by atoms with E-state index in [-0.39, 0.29) is 11.8 Å². The normalized spacial score (nSPS) is 17.4. The quantitative estimate of drug-likeness (QED) is 0.704. The van der Waals surface area contributed by atoms with E-state index in [1.807, 2.05) is 4.90 Å². The summed E-state index contributed by atoms with van der Waals surface area (Å²) in [7, 11) is 0. The molecular formula is C11H20N2O2. The van der Waals surface area contributed by atoms with Gasteiger partial charge in [-0.25, -0.2) is 0 Å². The zero-order chi connectivity index (χ0) is 11.1. The zero-order valence-corrected chi connectivity index (χ0v) is 9.42. The highest BCUT2D eigenvalue weighted by molar-refractivity contribution is 5.76. The maximum atomic E-state index is 11.6. The second-order valence-corrected chi connectivity index (χ2v) is 4.03. The van der Waals surface area contributed by atoms with Gasteiger partial charge in [0.2, 0.25) is 11.8 Å². The van der Waals surface area contributed by atoms with Gasteiger partial charge in [0.1, 0.15) is 0 Å². The number of hydrogen-bond donors (Lipinski definition) is 1. The van der Waals surface area contributed by atoms with Gasteiger partial charge < -0.3 is 10.2 Å². The van der Waals surface area contributed by atoms with Crippen LogP contribution in [0.3, 0.4) is 0 Å². The molecule has 0 aromatic carbocycles. The molecule has 1 rings (SSSR count). The van der Waals surface area contributed by atoms with Crippen molar-refractivity contribution in [3.05, 3.63) is 0 Å². The monoisotopic (exact) mass is 212 g/mol. The van der Waals surface area contributed by atoms with E-state index in [4.69, 9.17) is 0 Å². The van der Waals surface area contributed by atoms with Crippen LogP contribution in [-0.4, -0.2) is 36.3 Å². The summed E-state index contributed by atoms with van der Waals surface area (Å²) in [6.07, 6.45) is 4.85. The average molecular weight is 212 g/mol. The maximum Gasteiger partial charge on any atom is 0.222 e. The van der Waals surface area contributed by atoms with Crippen molar-refractivity contribution in [2.75, 3.05) is 19.6 Å². The van der Waals surface area contributed by atoms with Crippen LogP contribution < -0.4 is 5.32 Å². The third-order valence-corrected chi connectivity index (χ3v) is 2.65. The first kappa shape index (κ1) is 12.0. The molecule has 0 aromatic heterocycles. The van der Waals surface area contributed by atoms with Crippen molar-refractivity contribution in [2.24, 2.45) is 0 Å². The first-order chi connectivity index (χ1) is 7.20. The Morgan fingerprint density at radius 1 is 1.40 bits per heavy atom. The summed E-state index contributed by atoms with van der Waals surface area (Å²) in [6, 6.07) is 0. The van der Waals surface area contributed by atoms with Crippen molar-refractivity contribution in [3.8, 4) is 0 Å². The molecule has 4 heteroatoms. The molecule has 0 unspecified atom stereocenters. The summed E-state index contributed by atoms with van der Waals surface area (Å²) in [5.74, 6) is 0.271. The molecule has 0 radical (unpaired) electrons. The lowest BCUT2D eigenvalue weighted by molar-refractivity contribution is -0.130. The molecule has 15 heavy (non-hydrogen) atoms. The lowest BCUT2D eigenvalue weighted by Gasteiger charge is -2.20. The highest BCUT2D eigenvalue weighted by atomic mass is 16.2. The number of carbonyl (C=O) groups excluding carboxylic acids is 2. The minimum absolute atomic E-state index is 0.00260. The highest BCUT2D eigenvalue weighted by Gasteiger charge is 2.15. The molecule has 1 heterocycles. The second kappa shape index (κ2) is 6.43. The number of amides is 2. The van der Waals surface area contributed by atoms with E-state index in [1.54, 1.807) is 0 Å². The number of likely N-dealkylation sites (tertiary alicyclic amines) is 1. The minimum Gasteiger partial charge on any atom is -0.356 e. The number of nitrogens with one attached hydrogen (secondary N) is 1. The van der Waals surface area contributed by atoms with Crippen LogP contribution in [0.25, 0.3) is 0 Å². The summed E-state index contributed by atoms with van der Waals surface area (Å²) in [5, 5.41) is 2.74. The molecular weight excluding hydrogens is 192 g/mol. The zero-order valence-electron chi connectivity index (χ0n) is 9.42. The van der Waals surface area contributed by atoms with E-state index in [2.05, 4.69) is 5.32 Å². The number of carbonyl (C=O) groups is 2. The first-order valence-electron chi connectivity index (χ1n) is 5.72. The second-order valence-electron chi connectivity index (χ2n) is 4.03. The van der Waals surface area contributed by atoms with Crippen LogP contribution in [0, 0.1) is 0 Å². The predicted octanol–water partition coefficient (Wildman–Crippen LogP) is 0.915. The van der Waals surface area contributed by atoms with E-state index in [0.717, 1.165) is 38.8 Å². The van der Waals surface area contributed by atoms with Crippen LogP contribution in [0.4, 0.5) is 0 Å². The van der Waals surface area contributed by atoms with Crippen LogP contribution in [0.15, 0.2) is 0 Å². The van der Waals surface area contributed by atoms with Crippen molar-refractivity contribution < 1.29 is 9.59 Å². The summed E-state index contributed by atoms with van der Waals surface area (Å²) in [4.78, 5) is 24.1. The SMILES string of the molecule is CC(=O)NCCCN1CCCCCC1=O. The lowest BCUT2D eigenvalue weighted by atomic mass is 10.2. The molecule has 1 aliphatic rings. The Labute approximate surface area is 91.0 Å². The summed E-state index contributed by atoms with van der Waals surface area (Å²) >= 11 is 0. The highest BCUT2D eigenvalue weighted by Crippen LogP contribution is 2.10. The molecule has 0 atom stereocenters. The standard InChI is InChI=1S/C11H20N2O2/c1-10(14)12-7-5-9-13-8-4-2-3-6-11(13)15/h2-9H2,1H3,(H,12,14). The van der Waals surface area contributed by atoms with Gasteiger partial charge in [0.25, 0.3) is 0 Å². The maximum absolute atomic E-state index is 11.6. The van der Waals surface area contributed by atoms with Gasteiger partial charge in [0.05, 0.1) is 0 Å². The fraction of sp³-hybridized carbons (Fsp3) is 0.818. The lowest BCUT2D eigenvalue weighted by Crippen LogP contribution is -2.33. The van der Waals surface area contributed by atoms with E-state index in [1.165, 1.54) is 6.92 Å². The average Bonchev–Trinajstić information content (AvgIpc) is 2.38. The van der Waals surface area contributed by atoms with Gasteiger partial charge >= 0.3 is 0 Å². The van der Waals surface area contributed by atoms with Crippen LogP contribution in [-0.2, 0) is 9.59 Å². The van der Waals surface area contributed by atoms with Gasteiger partial charge in [-0.05, 0) is 19.3 Å². The van der Waals surface area contributed by atoms with Gasteiger partial charge in [0, 0.05) is 33.0 Å². The molecule has 0 bridgehead atoms. The van der Waals surface area contributed by atoms with Crippen molar-refractivity contribution in [1.29, 1.82) is 0 Å². The van der Waals surface area contributed by atoms with Gasteiger partial charge in [-0.1, -0.05) is 6.42 Å². The summed E-state index contributed by atoms with van der Waals surface area (Å²) < 4.78 is 0. The van der Waals surface area contributed by atoms with Gasteiger partial charge in [-0.3, -0.25) is 9.59 Å². The van der Waals surface area contributed by atoms with Crippen molar-refractivity contribution in [1.82, 2.24) is 10.2 Å². The minimum atomic E-state index is -0.00260. The Bertz CT molecular complexity index is 229. The Balaban J connectivity index is 2.18. The van der Waals surface area contributed by atoms with E-state index < -0.39 is 0 Å². The Morgan fingerprint density at radius 3 is 2.93 bits per heavy atom. The molecule has 0 aromatic rings. The van der Waals surface area contributed by atoms with Gasteiger partial charge in [-0.2, -0.15) is 0 Å². The molecule has 1 aliphatic heterocycles. The molecule has 1 fully saturated rings. The third-order valence-electron chi connectivity index (χ3n) is 2.65. The Morgan fingerprint density at radius 2 is 2.20 bits per heavy atom. The molecule has 0 aliphatic carbocycles.